The lowest BCUT2D eigenvalue weighted by Gasteiger charge is -2.10. The van der Waals surface area contributed by atoms with Crippen molar-refractivity contribution in [1.29, 1.82) is 0 Å². The van der Waals surface area contributed by atoms with Gasteiger partial charge in [-0.1, -0.05) is 13.8 Å². The molecule has 1 nitrogen and oxygen atoms in total. The average molecular weight is 124 g/mol. The predicted octanol–water partition coefficient (Wildman–Crippen LogP) is 1.32. The first-order valence-electron chi connectivity index (χ1n) is 3.65. The van der Waals surface area contributed by atoms with Gasteiger partial charge in [0.2, 0.25) is 0 Å². The van der Waals surface area contributed by atoms with Crippen molar-refractivity contribution < 1.29 is 4.74 Å². The monoisotopic (exact) mass is 124 g/mol. The third kappa shape index (κ3) is 1.48. The minimum Gasteiger partial charge on any atom is -0.384 e. The van der Waals surface area contributed by atoms with Crippen molar-refractivity contribution in [2.45, 2.75) is 38.8 Å². The van der Waals surface area contributed by atoms with E-state index in [0.29, 0.717) is 12.0 Å². The maximum atomic E-state index is 5.57. The van der Waals surface area contributed by atoms with Gasteiger partial charge < -0.3 is 4.74 Å². The zero-order valence-electron chi connectivity index (χ0n) is 6.13. The van der Waals surface area contributed by atoms with Crippen LogP contribution in [-0.4, -0.2) is 20.0 Å². The number of hydrogen-bond acceptors (Lipinski definition) is 1. The molecule has 1 fully saturated rings. The second-order valence-electron chi connectivity index (χ2n) is 2.83. The molecule has 0 aromatic rings. The van der Waals surface area contributed by atoms with Crippen LogP contribution in [0.2, 0.25) is 0 Å². The van der Waals surface area contributed by atoms with Crippen LogP contribution in [0.4, 0.5) is 0 Å². The van der Waals surface area contributed by atoms with Crippen molar-refractivity contribution >= 4 is 7.85 Å². The Hall–Kier alpha value is 0.0249. The summed E-state index contributed by atoms with van der Waals surface area (Å²) >= 11 is 0. The summed E-state index contributed by atoms with van der Waals surface area (Å²) in [4.78, 5) is 0. The Kier molecular flexibility index (Phi) is 2.17. The molecule has 1 aliphatic heterocycles. The lowest BCUT2D eigenvalue weighted by atomic mass is 9.91. The summed E-state index contributed by atoms with van der Waals surface area (Å²) in [5.74, 6) is 0.657. The minimum absolute atomic E-state index is 0.00458. The van der Waals surface area contributed by atoms with Crippen LogP contribution in [-0.2, 0) is 4.74 Å². The molecule has 3 atom stereocenters. The molecule has 2 radical (unpaired) electrons. The predicted molar refractivity (Wildman–Crippen MR) is 38.5 cm³/mol. The first-order valence-corrected chi connectivity index (χ1v) is 3.65. The molecule has 1 rings (SSSR count). The van der Waals surface area contributed by atoms with Crippen LogP contribution in [0.5, 0.6) is 0 Å². The van der Waals surface area contributed by atoms with E-state index in [-0.39, 0.29) is 6.00 Å². The largest absolute Gasteiger partial charge is 0.384 e. The Morgan fingerprint density at radius 2 is 2.33 bits per heavy atom. The molecule has 9 heavy (non-hydrogen) atoms. The highest BCUT2D eigenvalue weighted by atomic mass is 16.5. The fourth-order valence-corrected chi connectivity index (χ4v) is 1.43. The van der Waals surface area contributed by atoms with Gasteiger partial charge >= 0.3 is 0 Å². The van der Waals surface area contributed by atoms with Crippen molar-refractivity contribution in [2.24, 2.45) is 5.92 Å². The summed E-state index contributed by atoms with van der Waals surface area (Å²) in [6, 6.07) is 0.00458. The van der Waals surface area contributed by atoms with E-state index in [9.17, 15) is 0 Å². The van der Waals surface area contributed by atoms with Crippen molar-refractivity contribution in [3.8, 4) is 0 Å². The van der Waals surface area contributed by atoms with E-state index in [0.717, 1.165) is 12.8 Å². The SMILES string of the molecule is [B]C1CC(C)C(CC)O1. The van der Waals surface area contributed by atoms with E-state index in [1.807, 2.05) is 0 Å². The van der Waals surface area contributed by atoms with Crippen LogP contribution >= 0.6 is 0 Å². The molecule has 0 saturated carbocycles. The third-order valence-electron chi connectivity index (χ3n) is 1.99. The number of rotatable bonds is 1. The molecule has 0 aromatic heterocycles. The first-order chi connectivity index (χ1) is 4.24. The highest BCUT2D eigenvalue weighted by Gasteiger charge is 2.26. The second kappa shape index (κ2) is 2.74. The van der Waals surface area contributed by atoms with Crippen molar-refractivity contribution in [3.05, 3.63) is 0 Å². The van der Waals surface area contributed by atoms with Crippen molar-refractivity contribution in [2.75, 3.05) is 0 Å². The van der Waals surface area contributed by atoms with Gasteiger partial charge in [-0.05, 0) is 18.8 Å². The summed E-state index contributed by atoms with van der Waals surface area (Å²) in [5.41, 5.74) is 0. The zero-order valence-corrected chi connectivity index (χ0v) is 6.13. The van der Waals surface area contributed by atoms with Crippen molar-refractivity contribution in [3.63, 3.8) is 0 Å². The van der Waals surface area contributed by atoms with Gasteiger partial charge in [-0.25, -0.2) is 0 Å². The van der Waals surface area contributed by atoms with Crippen LogP contribution in [0, 0.1) is 5.92 Å². The van der Waals surface area contributed by atoms with E-state index in [1.54, 1.807) is 0 Å². The molecule has 1 aliphatic rings. The van der Waals surface area contributed by atoms with E-state index >= 15 is 0 Å². The maximum Gasteiger partial charge on any atom is 0.109 e. The van der Waals surface area contributed by atoms with E-state index in [4.69, 9.17) is 12.6 Å². The fraction of sp³-hybridized carbons (Fsp3) is 1.00. The van der Waals surface area contributed by atoms with E-state index < -0.39 is 0 Å². The minimum atomic E-state index is 0.00458. The summed E-state index contributed by atoms with van der Waals surface area (Å²) in [6.07, 6.45) is 2.54. The van der Waals surface area contributed by atoms with Gasteiger partial charge in [-0.15, -0.1) is 0 Å². The normalized spacial score (nSPS) is 43.6. The van der Waals surface area contributed by atoms with Crippen LogP contribution < -0.4 is 0 Å². The standard InChI is InChI=1S/C7H13BO/c1-3-6-5(2)4-7(8)9-6/h5-7H,3-4H2,1-2H3. The topological polar surface area (TPSA) is 9.23 Å². The summed E-state index contributed by atoms with van der Waals surface area (Å²) < 4.78 is 5.40. The molecule has 0 bridgehead atoms. The third-order valence-corrected chi connectivity index (χ3v) is 1.99. The van der Waals surface area contributed by atoms with Gasteiger partial charge in [0.1, 0.15) is 7.85 Å². The Bertz CT molecular complexity index is 94.9. The molecule has 1 saturated heterocycles. The molecule has 0 amide bonds. The highest BCUT2D eigenvalue weighted by molar-refractivity contribution is 6.11. The second-order valence-corrected chi connectivity index (χ2v) is 2.83. The molecule has 3 unspecified atom stereocenters. The first kappa shape index (κ1) is 7.14. The lowest BCUT2D eigenvalue weighted by Crippen LogP contribution is -2.12. The average Bonchev–Trinajstić information content (AvgIpc) is 2.10. The van der Waals surface area contributed by atoms with Gasteiger partial charge in [-0.3, -0.25) is 0 Å². The summed E-state index contributed by atoms with van der Waals surface area (Å²) in [5, 5.41) is 0. The molecule has 1 heterocycles. The zero-order chi connectivity index (χ0) is 6.85. The number of hydrogen-bond donors (Lipinski definition) is 0. The molecule has 2 heteroatoms. The Morgan fingerprint density at radius 1 is 1.67 bits per heavy atom. The van der Waals surface area contributed by atoms with Gasteiger partial charge in [0, 0.05) is 6.00 Å². The highest BCUT2D eigenvalue weighted by Crippen LogP contribution is 2.25. The Labute approximate surface area is 58.2 Å². The Morgan fingerprint density at radius 3 is 2.56 bits per heavy atom. The van der Waals surface area contributed by atoms with Crippen LogP contribution in [0.15, 0.2) is 0 Å². The molecular weight excluding hydrogens is 111 g/mol. The van der Waals surface area contributed by atoms with Gasteiger partial charge in [0.05, 0.1) is 6.10 Å². The lowest BCUT2D eigenvalue weighted by molar-refractivity contribution is 0.0718. The van der Waals surface area contributed by atoms with Gasteiger partial charge in [0.25, 0.3) is 0 Å². The van der Waals surface area contributed by atoms with E-state index in [2.05, 4.69) is 13.8 Å². The molecule has 50 valence electrons. The molecule has 0 spiro atoms. The van der Waals surface area contributed by atoms with Gasteiger partial charge in [-0.2, -0.15) is 0 Å². The van der Waals surface area contributed by atoms with E-state index in [1.165, 1.54) is 0 Å². The van der Waals surface area contributed by atoms with Crippen molar-refractivity contribution in [1.82, 2.24) is 0 Å². The smallest absolute Gasteiger partial charge is 0.109 e. The number of ether oxygens (including phenoxy) is 1. The Balaban J connectivity index is 2.38. The quantitative estimate of drug-likeness (QED) is 0.479. The van der Waals surface area contributed by atoms with Crippen LogP contribution in [0.3, 0.4) is 0 Å². The molecular formula is C7H13BO. The molecule has 0 N–H and O–H groups in total. The van der Waals surface area contributed by atoms with Gasteiger partial charge in [0.15, 0.2) is 0 Å². The summed E-state index contributed by atoms with van der Waals surface area (Å²) in [6.45, 7) is 4.33. The molecule has 0 aliphatic carbocycles. The maximum absolute atomic E-state index is 5.57. The fourth-order valence-electron chi connectivity index (χ4n) is 1.43. The van der Waals surface area contributed by atoms with Crippen LogP contribution in [0.1, 0.15) is 26.7 Å². The summed E-state index contributed by atoms with van der Waals surface area (Å²) in [7, 11) is 5.57. The molecule has 0 aromatic carbocycles. The van der Waals surface area contributed by atoms with Crippen LogP contribution in [0.25, 0.3) is 0 Å².